The number of allylic oxidation sites excluding steroid dienone is 4. The molecule has 0 aromatic heterocycles. The van der Waals surface area contributed by atoms with E-state index in [0.717, 1.165) is 11.9 Å². The molecule has 0 saturated carbocycles. The van der Waals surface area contributed by atoms with Gasteiger partial charge in [-0.25, -0.2) is 0 Å². The summed E-state index contributed by atoms with van der Waals surface area (Å²) in [5.74, 6) is 2.75. The summed E-state index contributed by atoms with van der Waals surface area (Å²) in [4.78, 5) is 0. The van der Waals surface area contributed by atoms with Gasteiger partial charge in [0.2, 0.25) is 6.71 Å². The second-order valence-electron chi connectivity index (χ2n) is 18.3. The molecule has 0 aliphatic rings. The molecule has 11 aromatic rings. The molecule has 0 unspecified atom stereocenters. The highest BCUT2D eigenvalue weighted by atomic mass is 14.2. The van der Waals surface area contributed by atoms with Crippen molar-refractivity contribution in [3.05, 3.63) is 216 Å². The van der Waals surface area contributed by atoms with Crippen molar-refractivity contribution in [3.63, 3.8) is 0 Å². The van der Waals surface area contributed by atoms with Crippen molar-refractivity contribution in [1.82, 2.24) is 0 Å². The fourth-order valence-corrected chi connectivity index (χ4v) is 11.4. The predicted octanol–water partition coefficient (Wildman–Crippen LogP) is 16.1. The lowest BCUT2D eigenvalue weighted by molar-refractivity contribution is 1.31. The number of fused-ring (bicyclic) bond motifs is 3. The minimum atomic E-state index is 0.0684. The largest absolute Gasteiger partial charge is 0.214 e. The van der Waals surface area contributed by atoms with E-state index in [0.29, 0.717) is 0 Å². The molecule has 0 saturated heterocycles. The van der Waals surface area contributed by atoms with Crippen molar-refractivity contribution < 1.29 is 0 Å². The maximum atomic E-state index is 5.78. The number of hydrogen-bond donors (Lipinski definition) is 0. The number of rotatable bonds is 8. The Morgan fingerprint density at radius 2 is 0.877 bits per heavy atom. The maximum Gasteiger partial charge on any atom is 0.214 e. The Morgan fingerprint density at radius 3 is 1.35 bits per heavy atom. The standard InChI is InChI=1S/C64H49B/c1-7-17-40(2)34-42(4)39-65(64-43(5)35-41(3)36-44(64)6)61-38-60(53-29-16-23-47-20-10-13-26-50(47)53)56-31-30-54-58(51-27-14-21-45-18-8-11-24-48(45)51)37-59(55-32-33-57(61)63(56)62(54)55)52-28-15-22-46-19-9-12-25-49(46)52/h1,8-38H,39H2,2-6H3/b40-17-,42-34-. The van der Waals surface area contributed by atoms with E-state index in [1.807, 2.05) is 6.08 Å². The SMILES string of the molecule is C#C/C=C(C)\C=C(\C)CB(c1c(C)cc(C)cc1C)c1cc(-c2cccc3ccccc23)c2ccc3c(-c4cccc5ccccc45)cc(-c4cccc5ccccc45)c4ccc1c2c43. The molecule has 0 nitrogen and oxygen atoms in total. The highest BCUT2D eigenvalue weighted by Gasteiger charge is 2.29. The van der Waals surface area contributed by atoms with Crippen molar-refractivity contribution in [2.75, 3.05) is 0 Å². The smallest absolute Gasteiger partial charge is 0.115 e. The van der Waals surface area contributed by atoms with E-state index in [4.69, 9.17) is 6.42 Å². The Kier molecular flexibility index (Phi) is 9.98. The summed E-state index contributed by atoms with van der Waals surface area (Å²) in [6.07, 6.45) is 10.8. The third-order valence-corrected chi connectivity index (χ3v) is 13.9. The normalized spacial score (nSPS) is 12.3. The zero-order chi connectivity index (χ0) is 44.3. The molecule has 0 bridgehead atoms. The van der Waals surface area contributed by atoms with Gasteiger partial charge in [-0.15, -0.1) is 6.42 Å². The molecule has 308 valence electrons. The van der Waals surface area contributed by atoms with Gasteiger partial charge in [-0.05, 0) is 157 Å². The van der Waals surface area contributed by atoms with Gasteiger partial charge >= 0.3 is 0 Å². The lowest BCUT2D eigenvalue weighted by Crippen LogP contribution is -2.45. The van der Waals surface area contributed by atoms with Gasteiger partial charge in [0.25, 0.3) is 0 Å². The van der Waals surface area contributed by atoms with Crippen LogP contribution in [0.3, 0.4) is 0 Å². The van der Waals surface area contributed by atoms with Gasteiger partial charge in [-0.2, -0.15) is 0 Å². The summed E-state index contributed by atoms with van der Waals surface area (Å²) in [6.45, 7) is 11.3. The van der Waals surface area contributed by atoms with E-state index in [2.05, 4.69) is 223 Å². The highest BCUT2D eigenvalue weighted by Crippen LogP contribution is 2.48. The molecule has 0 fully saturated rings. The van der Waals surface area contributed by atoms with Crippen molar-refractivity contribution in [2.45, 2.75) is 40.9 Å². The van der Waals surface area contributed by atoms with Gasteiger partial charge in [0, 0.05) is 0 Å². The number of benzene rings is 11. The van der Waals surface area contributed by atoms with E-state index in [-0.39, 0.29) is 6.71 Å². The second-order valence-corrected chi connectivity index (χ2v) is 18.3. The summed E-state index contributed by atoms with van der Waals surface area (Å²) in [7, 11) is 0. The monoisotopic (exact) mass is 828 g/mol. The number of terminal acetylenes is 1. The molecule has 0 amide bonds. The van der Waals surface area contributed by atoms with E-state index in [1.165, 1.54) is 131 Å². The Labute approximate surface area is 383 Å². The Morgan fingerprint density at radius 1 is 0.462 bits per heavy atom. The van der Waals surface area contributed by atoms with Crippen molar-refractivity contribution >= 4 is 82.3 Å². The van der Waals surface area contributed by atoms with Gasteiger partial charge in [0.15, 0.2) is 0 Å². The molecule has 11 aromatic carbocycles. The summed E-state index contributed by atoms with van der Waals surface area (Å²) < 4.78 is 0. The van der Waals surface area contributed by atoms with E-state index in [1.54, 1.807) is 0 Å². The molecule has 0 spiro atoms. The lowest BCUT2D eigenvalue weighted by atomic mass is 9.35. The molecular weight excluding hydrogens is 780 g/mol. The predicted molar refractivity (Wildman–Crippen MR) is 286 cm³/mol. The van der Waals surface area contributed by atoms with Crippen LogP contribution in [0.5, 0.6) is 0 Å². The quantitative estimate of drug-likeness (QED) is 0.0619. The summed E-state index contributed by atoms with van der Waals surface area (Å²) in [5.41, 5.74) is 16.6. The van der Waals surface area contributed by atoms with Crippen LogP contribution >= 0.6 is 0 Å². The van der Waals surface area contributed by atoms with Gasteiger partial charge < -0.3 is 0 Å². The van der Waals surface area contributed by atoms with E-state index >= 15 is 0 Å². The van der Waals surface area contributed by atoms with Crippen molar-refractivity contribution in [1.29, 1.82) is 0 Å². The minimum absolute atomic E-state index is 0.0684. The first kappa shape index (κ1) is 40.1. The highest BCUT2D eigenvalue weighted by molar-refractivity contribution is 6.88. The Balaban J connectivity index is 1.34. The van der Waals surface area contributed by atoms with E-state index < -0.39 is 0 Å². The Hall–Kier alpha value is -7.66. The first-order valence-corrected chi connectivity index (χ1v) is 22.9. The second kappa shape index (κ2) is 16.2. The van der Waals surface area contributed by atoms with Gasteiger partial charge in [0.05, 0.1) is 0 Å². The summed E-state index contributed by atoms with van der Waals surface area (Å²) in [6, 6.07) is 66.4. The van der Waals surface area contributed by atoms with Crippen LogP contribution in [-0.4, -0.2) is 6.71 Å². The molecule has 0 aliphatic carbocycles. The number of aryl methyl sites for hydroxylation is 3. The van der Waals surface area contributed by atoms with Crippen molar-refractivity contribution in [2.24, 2.45) is 0 Å². The first-order chi connectivity index (χ1) is 31.8. The third kappa shape index (κ3) is 6.81. The van der Waals surface area contributed by atoms with Crippen LogP contribution in [0.1, 0.15) is 30.5 Å². The number of hydrogen-bond acceptors (Lipinski definition) is 0. The molecule has 11 rings (SSSR count). The maximum absolute atomic E-state index is 5.78. The van der Waals surface area contributed by atoms with Gasteiger partial charge in [-0.1, -0.05) is 215 Å². The van der Waals surface area contributed by atoms with E-state index in [9.17, 15) is 0 Å². The van der Waals surface area contributed by atoms with Crippen LogP contribution in [0.25, 0.3) is 98.0 Å². The van der Waals surface area contributed by atoms with Crippen LogP contribution in [0.2, 0.25) is 6.32 Å². The topological polar surface area (TPSA) is 0 Å². The average molecular weight is 829 g/mol. The third-order valence-electron chi connectivity index (χ3n) is 13.9. The van der Waals surface area contributed by atoms with Crippen molar-refractivity contribution in [3.8, 4) is 45.7 Å². The first-order valence-electron chi connectivity index (χ1n) is 22.9. The minimum Gasteiger partial charge on any atom is -0.115 e. The zero-order valence-corrected chi connectivity index (χ0v) is 37.8. The molecule has 0 aliphatic heterocycles. The molecule has 0 N–H and O–H groups in total. The zero-order valence-electron chi connectivity index (χ0n) is 37.8. The fraction of sp³-hybridized carbons (Fsp3) is 0.0938. The molecular formula is C64H49B. The van der Waals surface area contributed by atoms with Crippen LogP contribution in [0.15, 0.2) is 199 Å². The van der Waals surface area contributed by atoms with Crippen LogP contribution in [0.4, 0.5) is 0 Å². The molecule has 1 heteroatoms. The molecule has 0 heterocycles. The summed E-state index contributed by atoms with van der Waals surface area (Å²) in [5, 5.41) is 15.2. The molecule has 65 heavy (non-hydrogen) atoms. The van der Waals surface area contributed by atoms with Gasteiger partial charge in [-0.3, -0.25) is 0 Å². The van der Waals surface area contributed by atoms with Crippen LogP contribution in [-0.2, 0) is 0 Å². The van der Waals surface area contributed by atoms with Crippen LogP contribution in [0, 0.1) is 33.1 Å². The molecule has 0 radical (unpaired) electrons. The fourth-order valence-electron chi connectivity index (χ4n) is 11.4. The summed E-state index contributed by atoms with van der Waals surface area (Å²) >= 11 is 0. The Bertz CT molecular complexity index is 3680. The van der Waals surface area contributed by atoms with Gasteiger partial charge in [0.1, 0.15) is 0 Å². The van der Waals surface area contributed by atoms with Crippen LogP contribution < -0.4 is 10.9 Å². The molecule has 0 atom stereocenters. The lowest BCUT2D eigenvalue weighted by Gasteiger charge is -2.26. The average Bonchev–Trinajstić information content (AvgIpc) is 3.32.